The van der Waals surface area contributed by atoms with Crippen LogP contribution in [-0.4, -0.2) is 39.2 Å². The molecule has 1 aliphatic rings. The van der Waals surface area contributed by atoms with Gasteiger partial charge in [-0.1, -0.05) is 6.92 Å². The van der Waals surface area contributed by atoms with Gasteiger partial charge in [0.05, 0.1) is 6.54 Å². The Labute approximate surface area is 127 Å². The monoisotopic (exact) mass is 307 g/mol. The molecule has 2 aromatic rings. The Hall–Kier alpha value is -1.40. The Bertz CT molecular complexity index is 587. The highest BCUT2D eigenvalue weighted by Gasteiger charge is 2.21. The molecule has 0 spiro atoms. The van der Waals surface area contributed by atoms with Gasteiger partial charge in [0.25, 0.3) is 0 Å². The van der Waals surface area contributed by atoms with Gasteiger partial charge in [-0.3, -0.25) is 4.90 Å². The number of halogens is 1. The Balaban J connectivity index is 1.66. The molecule has 1 aliphatic heterocycles. The molecule has 1 aromatic carbocycles. The normalized spacial score (nSPS) is 19.8. The van der Waals surface area contributed by atoms with E-state index < -0.39 is 0 Å². The quantitative estimate of drug-likeness (QED) is 0.867. The molecule has 3 rings (SSSR count). The van der Waals surface area contributed by atoms with Crippen LogP contribution >= 0.6 is 11.8 Å². The molecule has 21 heavy (non-hydrogen) atoms. The van der Waals surface area contributed by atoms with Crippen molar-refractivity contribution < 1.29 is 8.81 Å². The van der Waals surface area contributed by atoms with Crippen LogP contribution in [0.4, 0.5) is 4.39 Å². The van der Waals surface area contributed by atoms with Crippen molar-refractivity contribution in [2.45, 2.75) is 25.1 Å². The maximum absolute atomic E-state index is 12.9. The van der Waals surface area contributed by atoms with Crippen molar-refractivity contribution in [2.75, 3.05) is 18.8 Å². The molecule has 2 heterocycles. The van der Waals surface area contributed by atoms with E-state index in [2.05, 4.69) is 22.0 Å². The largest absolute Gasteiger partial charge is 0.419 e. The number of aromatic nitrogens is 2. The fourth-order valence-corrected chi connectivity index (χ4v) is 3.64. The van der Waals surface area contributed by atoms with Gasteiger partial charge in [-0.2, -0.15) is 11.8 Å². The van der Waals surface area contributed by atoms with Crippen LogP contribution in [0.2, 0.25) is 0 Å². The Morgan fingerprint density at radius 2 is 2.14 bits per heavy atom. The van der Waals surface area contributed by atoms with E-state index in [0.29, 0.717) is 23.6 Å². The summed E-state index contributed by atoms with van der Waals surface area (Å²) in [5.41, 5.74) is 0.746. The summed E-state index contributed by atoms with van der Waals surface area (Å²) in [6.07, 6.45) is 1.19. The zero-order valence-corrected chi connectivity index (χ0v) is 12.8. The fourth-order valence-electron chi connectivity index (χ4n) is 2.39. The Morgan fingerprint density at radius 3 is 2.90 bits per heavy atom. The average Bonchev–Trinajstić information content (AvgIpc) is 2.96. The van der Waals surface area contributed by atoms with Gasteiger partial charge in [0.1, 0.15) is 5.82 Å². The van der Waals surface area contributed by atoms with Gasteiger partial charge >= 0.3 is 0 Å². The first kappa shape index (κ1) is 14.5. The predicted octanol–water partition coefficient (Wildman–Crippen LogP) is 3.20. The van der Waals surface area contributed by atoms with Crippen molar-refractivity contribution >= 4 is 11.8 Å². The first-order valence-electron chi connectivity index (χ1n) is 7.17. The van der Waals surface area contributed by atoms with Crippen molar-refractivity contribution in [3.8, 4) is 11.5 Å². The molecule has 1 aromatic heterocycles. The van der Waals surface area contributed by atoms with Crippen molar-refractivity contribution in [1.82, 2.24) is 15.1 Å². The van der Waals surface area contributed by atoms with E-state index in [0.717, 1.165) is 24.4 Å². The highest BCUT2D eigenvalue weighted by atomic mass is 32.2. The Kier molecular flexibility index (Phi) is 4.55. The summed E-state index contributed by atoms with van der Waals surface area (Å²) in [5, 5.41) is 8.84. The molecule has 6 heteroatoms. The molecule has 1 saturated heterocycles. The van der Waals surface area contributed by atoms with Crippen LogP contribution in [0.15, 0.2) is 28.7 Å². The Morgan fingerprint density at radius 1 is 1.33 bits per heavy atom. The van der Waals surface area contributed by atoms with E-state index in [-0.39, 0.29) is 5.82 Å². The van der Waals surface area contributed by atoms with Crippen LogP contribution < -0.4 is 0 Å². The smallest absolute Gasteiger partial charge is 0.247 e. The number of hydrogen-bond acceptors (Lipinski definition) is 5. The molecule has 0 N–H and O–H groups in total. The maximum Gasteiger partial charge on any atom is 0.247 e. The topological polar surface area (TPSA) is 42.2 Å². The zero-order valence-electron chi connectivity index (χ0n) is 12.0. The van der Waals surface area contributed by atoms with Gasteiger partial charge in [-0.25, -0.2) is 4.39 Å². The molecule has 1 unspecified atom stereocenters. The van der Waals surface area contributed by atoms with E-state index in [4.69, 9.17) is 4.42 Å². The van der Waals surface area contributed by atoms with Crippen LogP contribution in [-0.2, 0) is 6.54 Å². The average molecular weight is 307 g/mol. The summed E-state index contributed by atoms with van der Waals surface area (Å²) in [4.78, 5) is 2.35. The summed E-state index contributed by atoms with van der Waals surface area (Å²) in [6.45, 7) is 5.02. The van der Waals surface area contributed by atoms with Gasteiger partial charge in [0.15, 0.2) is 0 Å². The summed E-state index contributed by atoms with van der Waals surface area (Å²) < 4.78 is 18.6. The van der Waals surface area contributed by atoms with Crippen molar-refractivity contribution in [3.05, 3.63) is 36.0 Å². The molecule has 0 saturated carbocycles. The van der Waals surface area contributed by atoms with Crippen molar-refractivity contribution in [1.29, 1.82) is 0 Å². The standard InChI is InChI=1S/C15H18FN3OS/c1-2-13-9-19(7-8-21-13)10-14-17-18-15(20-14)11-3-5-12(16)6-4-11/h3-6,13H,2,7-10H2,1H3. The van der Waals surface area contributed by atoms with Gasteiger partial charge in [-0.05, 0) is 30.7 Å². The number of hydrogen-bond donors (Lipinski definition) is 0. The second-order valence-electron chi connectivity index (χ2n) is 5.14. The van der Waals surface area contributed by atoms with Gasteiger partial charge < -0.3 is 4.42 Å². The molecule has 4 nitrogen and oxygen atoms in total. The van der Waals surface area contributed by atoms with Crippen LogP contribution in [0, 0.1) is 5.82 Å². The van der Waals surface area contributed by atoms with Crippen molar-refractivity contribution in [3.63, 3.8) is 0 Å². The van der Waals surface area contributed by atoms with Gasteiger partial charge in [0, 0.05) is 29.7 Å². The second kappa shape index (κ2) is 6.58. The third-order valence-electron chi connectivity index (χ3n) is 3.60. The lowest BCUT2D eigenvalue weighted by molar-refractivity contribution is 0.246. The lowest BCUT2D eigenvalue weighted by atomic mass is 10.2. The van der Waals surface area contributed by atoms with Crippen LogP contribution in [0.5, 0.6) is 0 Å². The molecule has 0 aliphatic carbocycles. The summed E-state index contributed by atoms with van der Waals surface area (Å²) >= 11 is 2.04. The van der Waals surface area contributed by atoms with Crippen molar-refractivity contribution in [2.24, 2.45) is 0 Å². The zero-order chi connectivity index (χ0) is 14.7. The maximum atomic E-state index is 12.9. The molecular weight excluding hydrogens is 289 g/mol. The van der Waals surface area contributed by atoms with Crippen LogP contribution in [0.25, 0.3) is 11.5 Å². The van der Waals surface area contributed by atoms with E-state index in [1.807, 2.05) is 11.8 Å². The van der Waals surface area contributed by atoms with E-state index in [9.17, 15) is 4.39 Å². The van der Waals surface area contributed by atoms with E-state index in [1.165, 1.54) is 18.6 Å². The highest BCUT2D eigenvalue weighted by Crippen LogP contribution is 2.23. The minimum absolute atomic E-state index is 0.269. The SMILES string of the molecule is CCC1CN(Cc2nnc(-c3ccc(F)cc3)o2)CCS1. The van der Waals surface area contributed by atoms with Crippen LogP contribution in [0.3, 0.4) is 0 Å². The number of benzene rings is 1. The van der Waals surface area contributed by atoms with E-state index in [1.54, 1.807) is 12.1 Å². The highest BCUT2D eigenvalue weighted by molar-refractivity contribution is 8.00. The van der Waals surface area contributed by atoms with Gasteiger partial charge in [-0.15, -0.1) is 10.2 Å². The molecule has 112 valence electrons. The number of rotatable bonds is 4. The number of nitrogens with zero attached hydrogens (tertiary/aromatic N) is 3. The molecule has 1 atom stereocenters. The lowest BCUT2D eigenvalue weighted by Gasteiger charge is -2.30. The molecule has 0 amide bonds. The number of thioether (sulfide) groups is 1. The molecule has 0 radical (unpaired) electrons. The molecular formula is C15H18FN3OS. The van der Waals surface area contributed by atoms with Gasteiger partial charge in [0.2, 0.25) is 11.8 Å². The minimum Gasteiger partial charge on any atom is -0.419 e. The first-order valence-corrected chi connectivity index (χ1v) is 8.21. The third-order valence-corrected chi connectivity index (χ3v) is 4.97. The summed E-state index contributed by atoms with van der Waals surface area (Å²) in [5.74, 6) is 1.95. The minimum atomic E-state index is -0.269. The van der Waals surface area contributed by atoms with E-state index >= 15 is 0 Å². The third kappa shape index (κ3) is 3.63. The lowest BCUT2D eigenvalue weighted by Crippen LogP contribution is -2.37. The second-order valence-corrected chi connectivity index (χ2v) is 6.55. The molecule has 0 bridgehead atoms. The predicted molar refractivity (Wildman–Crippen MR) is 81.5 cm³/mol. The van der Waals surface area contributed by atoms with Crippen LogP contribution in [0.1, 0.15) is 19.2 Å². The summed E-state index contributed by atoms with van der Waals surface area (Å²) in [6, 6.07) is 6.09. The fraction of sp³-hybridized carbons (Fsp3) is 0.467. The first-order chi connectivity index (χ1) is 10.2. The summed E-state index contributed by atoms with van der Waals surface area (Å²) in [7, 11) is 0. The molecule has 1 fully saturated rings.